The third-order valence-electron chi connectivity index (χ3n) is 18.9. The van der Waals surface area contributed by atoms with E-state index in [4.69, 9.17) is 0 Å². The van der Waals surface area contributed by atoms with Crippen LogP contribution in [-0.4, -0.2) is 29.8 Å². The van der Waals surface area contributed by atoms with Crippen molar-refractivity contribution in [3.8, 4) is 28.2 Å². The minimum absolute atomic E-state index is 1.12. The van der Waals surface area contributed by atoms with E-state index in [2.05, 4.69) is 372 Å². The monoisotopic (exact) mass is 1170 g/mol. The van der Waals surface area contributed by atoms with Crippen molar-refractivity contribution in [3.63, 3.8) is 0 Å². The van der Waals surface area contributed by atoms with Gasteiger partial charge in [-0.15, -0.1) is 0 Å². The van der Waals surface area contributed by atoms with E-state index in [1.54, 1.807) is 0 Å². The molecule has 0 radical (unpaired) electrons. The largest absolute Gasteiger partial charge is 0.309 e. The van der Waals surface area contributed by atoms with Crippen molar-refractivity contribution < 1.29 is 0 Å². The molecule has 0 amide bonds. The average Bonchev–Trinajstić information content (AvgIpc) is 1.36. The number of fused-ring (bicyclic) bond motifs is 9. The quantitative estimate of drug-likeness (QED) is 0.0855. The summed E-state index contributed by atoms with van der Waals surface area (Å²) in [6.07, 6.45) is 0. The highest BCUT2D eigenvalue weighted by atomic mass is 28.3. The summed E-state index contributed by atoms with van der Waals surface area (Å²) >= 11 is 0. The van der Waals surface area contributed by atoms with Crippen LogP contribution in [0.5, 0.6) is 0 Å². The van der Waals surface area contributed by atoms with Gasteiger partial charge in [0.2, 0.25) is 0 Å². The third kappa shape index (κ3) is 8.17. The Kier molecular flexibility index (Phi) is 12.6. The number of benzene rings is 14. The van der Waals surface area contributed by atoms with Crippen LogP contribution in [0.25, 0.3) is 93.6 Å². The van der Waals surface area contributed by atoms with Gasteiger partial charge in [-0.2, -0.15) is 0 Å². The van der Waals surface area contributed by atoms with Crippen LogP contribution in [0, 0.1) is 0 Å². The van der Waals surface area contributed by atoms with E-state index in [9.17, 15) is 0 Å². The molecule has 3 nitrogen and oxygen atoms in total. The zero-order valence-corrected chi connectivity index (χ0v) is 50.9. The molecule has 89 heavy (non-hydrogen) atoms. The Morgan fingerprint density at radius 3 is 0.899 bits per heavy atom. The molecule has 0 spiro atoms. The molecule has 0 atom stereocenters. The Balaban J connectivity index is 0.920. The number of hydrogen-bond donors (Lipinski definition) is 0. The highest BCUT2D eigenvalue weighted by Crippen LogP contribution is 2.41. The predicted molar refractivity (Wildman–Crippen MR) is 382 cm³/mol. The topological polar surface area (TPSA) is 14.8 Å². The van der Waals surface area contributed by atoms with Gasteiger partial charge in [0, 0.05) is 49.3 Å². The maximum atomic E-state index is 2.66. The molecular formula is C84H59N3Si2. The average molecular weight is 1170 g/mol. The molecule has 14 aromatic carbocycles. The number of hydrogen-bond acceptors (Lipinski definition) is 0. The second-order valence-corrected chi connectivity index (χ2v) is 31.1. The zero-order chi connectivity index (χ0) is 58.9. The number of rotatable bonds is 12. The molecule has 0 saturated heterocycles. The van der Waals surface area contributed by atoms with Gasteiger partial charge in [0.1, 0.15) is 0 Å². The summed E-state index contributed by atoms with van der Waals surface area (Å²) in [6, 6.07) is 135. The molecule has 0 aliphatic rings. The van der Waals surface area contributed by atoms with Crippen LogP contribution in [-0.2, 0) is 0 Å². The summed E-state index contributed by atoms with van der Waals surface area (Å²) in [4.78, 5) is 0. The first kappa shape index (κ1) is 52.3. The summed E-state index contributed by atoms with van der Waals surface area (Å²) < 4.78 is 7.50. The first-order valence-electron chi connectivity index (χ1n) is 30.8. The molecule has 17 aromatic rings. The van der Waals surface area contributed by atoms with Gasteiger partial charge in [0.25, 0.3) is 0 Å². The van der Waals surface area contributed by atoms with Gasteiger partial charge in [-0.1, -0.05) is 285 Å². The second kappa shape index (κ2) is 21.4. The molecule has 0 aliphatic heterocycles. The van der Waals surface area contributed by atoms with Gasteiger partial charge in [-0.25, -0.2) is 0 Å². The highest BCUT2D eigenvalue weighted by molar-refractivity contribution is 7.22. The zero-order valence-electron chi connectivity index (χ0n) is 48.9. The summed E-state index contributed by atoms with van der Waals surface area (Å²) in [5, 5.41) is 18.0. The van der Waals surface area contributed by atoms with Gasteiger partial charge in [-0.05, 0) is 120 Å². The van der Waals surface area contributed by atoms with Crippen LogP contribution in [0.2, 0.25) is 0 Å². The van der Waals surface area contributed by atoms with Crippen molar-refractivity contribution in [2.24, 2.45) is 0 Å². The molecule has 17 rings (SSSR count). The lowest BCUT2D eigenvalue weighted by Crippen LogP contribution is -2.78. The molecule has 5 heteroatoms. The van der Waals surface area contributed by atoms with E-state index in [1.807, 2.05) is 0 Å². The smallest absolute Gasteiger partial charge is 0.179 e. The van der Waals surface area contributed by atoms with E-state index < -0.39 is 16.1 Å². The van der Waals surface area contributed by atoms with Crippen LogP contribution in [0.1, 0.15) is 0 Å². The molecule has 0 N–H and O–H groups in total. The summed E-state index contributed by atoms with van der Waals surface area (Å²) in [7, 11) is -6.30. The molecule has 0 fully saturated rings. The van der Waals surface area contributed by atoms with Crippen LogP contribution in [0.4, 0.5) is 0 Å². The lowest BCUT2D eigenvalue weighted by Gasteiger charge is -2.38. The van der Waals surface area contributed by atoms with Gasteiger partial charge in [-0.3, -0.25) is 0 Å². The molecule has 0 unspecified atom stereocenters. The lowest BCUT2D eigenvalue weighted by molar-refractivity contribution is 1.17. The molecule has 0 saturated carbocycles. The molecular weight excluding hydrogens is 1110 g/mol. The Morgan fingerprint density at radius 2 is 0.483 bits per heavy atom. The fourth-order valence-corrected chi connectivity index (χ4v) is 25.0. The Hall–Kier alpha value is -11.1. The Morgan fingerprint density at radius 1 is 0.180 bits per heavy atom. The van der Waals surface area contributed by atoms with E-state index in [-0.39, 0.29) is 0 Å². The molecule has 3 aromatic heterocycles. The van der Waals surface area contributed by atoms with Crippen LogP contribution >= 0.6 is 0 Å². The van der Waals surface area contributed by atoms with Crippen LogP contribution in [0.3, 0.4) is 0 Å². The Bertz CT molecular complexity index is 5090. The standard InChI is InChI=1S/C84H59N3Si2/c1-7-29-63(30-8-1)88(64-31-9-2-10-32-64,65-33-11-3-12-34-65)69-56-62(57-70(59-69)89(66-35-13-4-14-36-66,67-37-15-5-16-38-67)68-39-17-6-18-40-68)86-80-48-26-23-45-75(80)77-58-61(52-54-84(77)86)85-79-47-25-22-44-74(79)76-55-60(51-53-83(76)85)71-41-19-24-46-78(71)87-81-49-27-20-42-72(81)73-43-21-28-50-82(73)87/h1-59H. The van der Waals surface area contributed by atoms with E-state index in [1.165, 1.54) is 101 Å². The van der Waals surface area contributed by atoms with Gasteiger partial charge >= 0.3 is 0 Å². The first-order chi connectivity index (χ1) is 44.2. The highest BCUT2D eigenvalue weighted by Gasteiger charge is 2.46. The number of nitrogens with zero attached hydrogens (tertiary/aromatic N) is 3. The fourth-order valence-electron chi connectivity index (χ4n) is 15.2. The van der Waals surface area contributed by atoms with Crippen molar-refractivity contribution in [1.29, 1.82) is 0 Å². The maximum Gasteiger partial charge on any atom is 0.179 e. The molecule has 0 bridgehead atoms. The summed E-state index contributed by atoms with van der Waals surface area (Å²) in [5.41, 5.74) is 12.8. The van der Waals surface area contributed by atoms with Crippen molar-refractivity contribution in [2.45, 2.75) is 0 Å². The lowest BCUT2D eigenvalue weighted by atomic mass is 10.0. The number of aromatic nitrogens is 3. The van der Waals surface area contributed by atoms with Gasteiger partial charge < -0.3 is 13.7 Å². The van der Waals surface area contributed by atoms with Crippen molar-refractivity contribution in [2.75, 3.05) is 0 Å². The predicted octanol–water partition coefficient (Wildman–Crippen LogP) is 15.4. The Labute approximate surface area is 519 Å². The maximum absolute atomic E-state index is 3.15. The second-order valence-electron chi connectivity index (χ2n) is 23.5. The van der Waals surface area contributed by atoms with Crippen molar-refractivity contribution in [1.82, 2.24) is 13.7 Å². The summed E-state index contributed by atoms with van der Waals surface area (Å²) in [6.45, 7) is 0. The normalized spacial score (nSPS) is 12.0. The SMILES string of the molecule is c1ccc([Si](c2ccccc2)(c2ccccc2)c2cc(-n3c4ccccc4c4cc(-n5c6ccccc6c6cc(-c7ccccc7-n7c8ccccc8c8ccccc87)ccc65)ccc43)cc([Si](c3ccccc3)(c3ccccc3)c3ccccc3)c2)cc1. The third-order valence-corrected chi connectivity index (χ3v) is 28.4. The minimum Gasteiger partial charge on any atom is -0.309 e. The first-order valence-corrected chi connectivity index (χ1v) is 34.8. The molecule has 0 aliphatic carbocycles. The summed E-state index contributed by atoms with van der Waals surface area (Å²) in [5.74, 6) is 0. The molecule has 3 heterocycles. The van der Waals surface area contributed by atoms with Crippen molar-refractivity contribution >= 4 is 123 Å². The van der Waals surface area contributed by atoms with Crippen LogP contribution in [0.15, 0.2) is 358 Å². The van der Waals surface area contributed by atoms with E-state index >= 15 is 0 Å². The molecule has 418 valence electrons. The fraction of sp³-hybridized carbons (Fsp3) is 0. The number of para-hydroxylation sites is 5. The van der Waals surface area contributed by atoms with Crippen LogP contribution < -0.4 is 41.5 Å². The van der Waals surface area contributed by atoms with E-state index in [0.717, 1.165) is 33.6 Å². The van der Waals surface area contributed by atoms with Gasteiger partial charge in [0.05, 0.1) is 38.8 Å². The van der Waals surface area contributed by atoms with Crippen molar-refractivity contribution in [3.05, 3.63) is 358 Å². The van der Waals surface area contributed by atoms with E-state index in [0.29, 0.717) is 0 Å². The minimum atomic E-state index is -3.15. The van der Waals surface area contributed by atoms with Gasteiger partial charge in [0.15, 0.2) is 16.1 Å².